The fraction of sp³-hybridized carbons (Fsp3) is 0.375. The summed E-state index contributed by atoms with van der Waals surface area (Å²) in [4.78, 5) is 7.25. The maximum atomic E-state index is 10.6. The average molecular weight is 364 g/mol. The highest BCUT2D eigenvalue weighted by atomic mass is 32.1. The Hall–Kier alpha value is -2.20. The zero-order valence-electron chi connectivity index (χ0n) is 13.7. The van der Waals surface area contributed by atoms with Crippen molar-refractivity contribution in [2.75, 3.05) is 33.4 Å². The van der Waals surface area contributed by atoms with Crippen LogP contribution in [0, 0.1) is 0 Å². The molecule has 1 unspecified atom stereocenters. The van der Waals surface area contributed by atoms with Crippen LogP contribution in [0.2, 0.25) is 0 Å². The summed E-state index contributed by atoms with van der Waals surface area (Å²) in [5.41, 5.74) is 0.876. The van der Waals surface area contributed by atoms with Crippen molar-refractivity contribution in [2.24, 2.45) is 0 Å². The molecule has 0 amide bonds. The number of fused-ring (bicyclic) bond motifs is 1. The number of hydrogen-bond donors (Lipinski definition) is 3. The fourth-order valence-electron chi connectivity index (χ4n) is 2.84. The van der Waals surface area contributed by atoms with E-state index in [2.05, 4.69) is 10.1 Å². The number of rotatable bonds is 8. The number of nitrogens with zero attached hydrogens (tertiary/aromatic N) is 4. The first-order chi connectivity index (χ1) is 12.2. The lowest BCUT2D eigenvalue weighted by atomic mass is 10.0. The summed E-state index contributed by atoms with van der Waals surface area (Å²) in [6.07, 6.45) is 1.38. The summed E-state index contributed by atoms with van der Waals surface area (Å²) in [5, 5.41) is 33.5. The molecule has 0 spiro atoms. The first-order valence-corrected chi connectivity index (χ1v) is 8.62. The van der Waals surface area contributed by atoms with Crippen LogP contribution in [0.25, 0.3) is 4.96 Å². The van der Waals surface area contributed by atoms with Crippen LogP contribution in [0.4, 0.5) is 0 Å². The van der Waals surface area contributed by atoms with Gasteiger partial charge in [0.05, 0.1) is 31.2 Å². The first-order valence-electron chi connectivity index (χ1n) is 7.80. The van der Waals surface area contributed by atoms with Crippen molar-refractivity contribution in [3.63, 3.8) is 0 Å². The van der Waals surface area contributed by atoms with Gasteiger partial charge in [0.25, 0.3) is 0 Å². The number of benzene rings is 1. The maximum absolute atomic E-state index is 10.6. The van der Waals surface area contributed by atoms with Crippen LogP contribution in [0.1, 0.15) is 16.5 Å². The van der Waals surface area contributed by atoms with Gasteiger partial charge in [-0.15, -0.1) is 0 Å². The van der Waals surface area contributed by atoms with Crippen molar-refractivity contribution in [1.82, 2.24) is 19.5 Å². The van der Waals surface area contributed by atoms with Crippen LogP contribution < -0.4 is 4.74 Å². The molecule has 2 aromatic heterocycles. The highest BCUT2D eigenvalue weighted by molar-refractivity contribution is 7.17. The lowest BCUT2D eigenvalue weighted by molar-refractivity contribution is 0.136. The topological polar surface area (TPSA) is 103 Å². The molecule has 25 heavy (non-hydrogen) atoms. The summed E-state index contributed by atoms with van der Waals surface area (Å²) in [7, 11) is 1.59. The molecule has 3 rings (SSSR count). The van der Waals surface area contributed by atoms with E-state index >= 15 is 0 Å². The third-order valence-corrected chi connectivity index (χ3v) is 5.02. The number of thiazole rings is 1. The molecule has 0 aliphatic carbocycles. The largest absolute Gasteiger partial charge is 0.497 e. The van der Waals surface area contributed by atoms with E-state index in [0.29, 0.717) is 28.7 Å². The molecule has 1 aromatic carbocycles. The predicted molar refractivity (Wildman–Crippen MR) is 93.1 cm³/mol. The molecule has 0 radical (unpaired) electrons. The second kappa shape index (κ2) is 7.79. The molecule has 0 saturated heterocycles. The van der Waals surface area contributed by atoms with Crippen LogP contribution in [0.3, 0.4) is 0 Å². The summed E-state index contributed by atoms with van der Waals surface area (Å²) in [5.74, 6) is 0.695. The normalized spacial score (nSPS) is 12.8. The molecule has 8 nitrogen and oxygen atoms in total. The van der Waals surface area contributed by atoms with Gasteiger partial charge in [0, 0.05) is 13.1 Å². The van der Waals surface area contributed by atoms with Crippen LogP contribution in [0.5, 0.6) is 11.6 Å². The molecule has 9 heteroatoms. The standard InChI is InChI=1S/C16H20N4O4S/c1-24-12-4-2-3-11(9-12)13(19(5-7-21)6-8-22)14-15(23)20-16(25-14)17-10-18-20/h2-4,9-10,13,21-23H,5-8H2,1H3. The second-order valence-corrected chi connectivity index (χ2v) is 6.42. The number of hydrogen-bond acceptors (Lipinski definition) is 8. The van der Waals surface area contributed by atoms with E-state index in [0.717, 1.165) is 5.56 Å². The molecule has 0 bridgehead atoms. The lowest BCUT2D eigenvalue weighted by Gasteiger charge is -2.30. The number of aliphatic hydroxyl groups is 2. The van der Waals surface area contributed by atoms with Crippen molar-refractivity contribution in [2.45, 2.75) is 6.04 Å². The van der Waals surface area contributed by atoms with Crippen molar-refractivity contribution in [1.29, 1.82) is 0 Å². The molecule has 134 valence electrons. The Labute approximate surface area is 148 Å². The van der Waals surface area contributed by atoms with Gasteiger partial charge in [-0.1, -0.05) is 23.5 Å². The van der Waals surface area contributed by atoms with Crippen molar-refractivity contribution < 1.29 is 20.1 Å². The molecule has 3 N–H and O–H groups in total. The molecule has 0 fully saturated rings. The van der Waals surface area contributed by atoms with Crippen molar-refractivity contribution in [3.05, 3.63) is 41.0 Å². The summed E-state index contributed by atoms with van der Waals surface area (Å²) < 4.78 is 6.69. The number of aromatic hydroxyl groups is 1. The predicted octanol–water partition coefficient (Wildman–Crippen LogP) is 0.881. The molecule has 0 aliphatic rings. The Morgan fingerprint density at radius 3 is 2.68 bits per heavy atom. The number of methoxy groups -OCH3 is 1. The average Bonchev–Trinajstić information content (AvgIpc) is 3.20. The zero-order valence-corrected chi connectivity index (χ0v) is 14.6. The summed E-state index contributed by atoms with van der Waals surface area (Å²) >= 11 is 1.32. The van der Waals surface area contributed by atoms with Gasteiger partial charge in [-0.05, 0) is 17.7 Å². The smallest absolute Gasteiger partial charge is 0.230 e. The van der Waals surface area contributed by atoms with Gasteiger partial charge in [-0.25, -0.2) is 4.98 Å². The van der Waals surface area contributed by atoms with Crippen molar-refractivity contribution in [3.8, 4) is 11.6 Å². The Kier molecular flexibility index (Phi) is 5.49. The highest BCUT2D eigenvalue weighted by Crippen LogP contribution is 2.40. The van der Waals surface area contributed by atoms with Crippen LogP contribution in [-0.4, -0.2) is 68.2 Å². The van der Waals surface area contributed by atoms with E-state index in [1.807, 2.05) is 29.2 Å². The Morgan fingerprint density at radius 2 is 2.04 bits per heavy atom. The number of aromatic nitrogens is 3. The van der Waals surface area contributed by atoms with Crippen LogP contribution >= 0.6 is 11.3 Å². The van der Waals surface area contributed by atoms with Gasteiger partial charge in [0.15, 0.2) is 0 Å². The minimum absolute atomic E-state index is 0.00574. The molecule has 0 saturated carbocycles. The van der Waals surface area contributed by atoms with E-state index in [-0.39, 0.29) is 25.1 Å². The van der Waals surface area contributed by atoms with Crippen LogP contribution in [0.15, 0.2) is 30.6 Å². The Morgan fingerprint density at radius 1 is 1.28 bits per heavy atom. The Balaban J connectivity index is 2.12. The SMILES string of the molecule is COc1cccc(C(c2sc3ncnn3c2O)N(CCO)CCO)c1. The molecule has 1 atom stereocenters. The first kappa shape index (κ1) is 17.6. The fourth-order valence-corrected chi connectivity index (χ4v) is 3.93. The van der Waals surface area contributed by atoms with Gasteiger partial charge < -0.3 is 20.1 Å². The molecule has 0 aliphatic heterocycles. The maximum Gasteiger partial charge on any atom is 0.230 e. The van der Waals surface area contributed by atoms with Crippen LogP contribution in [-0.2, 0) is 0 Å². The third-order valence-electron chi connectivity index (χ3n) is 3.94. The minimum atomic E-state index is -0.372. The minimum Gasteiger partial charge on any atom is -0.497 e. The monoisotopic (exact) mass is 364 g/mol. The van der Waals surface area contributed by atoms with Crippen molar-refractivity contribution >= 4 is 16.3 Å². The molecular weight excluding hydrogens is 344 g/mol. The molecule has 3 aromatic rings. The Bertz CT molecular complexity index is 829. The number of aliphatic hydroxyl groups excluding tert-OH is 2. The van der Waals surface area contributed by atoms with E-state index in [4.69, 9.17) is 4.74 Å². The molecule has 2 heterocycles. The quantitative estimate of drug-likeness (QED) is 0.545. The van der Waals surface area contributed by atoms with E-state index in [1.54, 1.807) is 7.11 Å². The van der Waals surface area contributed by atoms with Gasteiger partial charge >= 0.3 is 0 Å². The van der Waals surface area contributed by atoms with Gasteiger partial charge in [0.2, 0.25) is 10.8 Å². The highest BCUT2D eigenvalue weighted by Gasteiger charge is 2.29. The zero-order chi connectivity index (χ0) is 17.8. The summed E-state index contributed by atoms with van der Waals surface area (Å²) in [6, 6.07) is 7.13. The van der Waals surface area contributed by atoms with Gasteiger partial charge in [-0.3, -0.25) is 4.90 Å². The van der Waals surface area contributed by atoms with Gasteiger partial charge in [0.1, 0.15) is 12.1 Å². The lowest BCUT2D eigenvalue weighted by Crippen LogP contribution is -2.34. The number of ether oxygens (including phenoxy) is 1. The van der Waals surface area contributed by atoms with E-state index in [1.165, 1.54) is 22.2 Å². The van der Waals surface area contributed by atoms with Gasteiger partial charge in [-0.2, -0.15) is 9.61 Å². The van der Waals surface area contributed by atoms with E-state index in [9.17, 15) is 15.3 Å². The third kappa shape index (κ3) is 3.45. The molecular formula is C16H20N4O4S. The summed E-state index contributed by atoms with van der Waals surface area (Å²) in [6.45, 7) is 0.551. The van der Waals surface area contributed by atoms with E-state index < -0.39 is 0 Å². The second-order valence-electron chi connectivity index (χ2n) is 5.41.